The summed E-state index contributed by atoms with van der Waals surface area (Å²) >= 11 is 0. The number of carbonyl (C=O) groups is 1. The molecule has 2 aliphatic rings. The van der Waals surface area contributed by atoms with Crippen LogP contribution in [-0.2, 0) is 14.8 Å². The Morgan fingerprint density at radius 1 is 1.29 bits per heavy atom. The Balaban J connectivity index is 0.00000280. The Morgan fingerprint density at radius 2 is 1.96 bits per heavy atom. The normalized spacial score (nSPS) is 21.1. The summed E-state index contributed by atoms with van der Waals surface area (Å²) in [6, 6.07) is 3.99. The molecule has 0 radical (unpaired) electrons. The first-order valence-electron chi connectivity index (χ1n) is 9.05. The Kier molecular flexibility index (Phi) is 7.38. The summed E-state index contributed by atoms with van der Waals surface area (Å²) in [7, 11) is -3.83. The molecule has 1 aromatic rings. The van der Waals surface area contributed by atoms with Crippen molar-refractivity contribution in [3.8, 4) is 0 Å². The molecule has 2 fully saturated rings. The van der Waals surface area contributed by atoms with Crippen molar-refractivity contribution in [2.75, 3.05) is 26.2 Å². The summed E-state index contributed by atoms with van der Waals surface area (Å²) < 4.78 is 27.2. The fourth-order valence-corrected chi connectivity index (χ4v) is 5.29. The van der Waals surface area contributed by atoms with Gasteiger partial charge in [-0.2, -0.15) is 4.31 Å². The number of carbonyl (C=O) groups excluding carboxylic acids is 1. The van der Waals surface area contributed by atoms with Crippen molar-refractivity contribution < 1.29 is 18.1 Å². The second kappa shape index (κ2) is 9.17. The SMILES string of the molecule is Cc1ccc([N+](=O)[O-])cc1S(=O)(=O)N1CCC(C(=O)NC2CCNC2)CC1.Cl. The molecule has 2 heterocycles. The van der Waals surface area contributed by atoms with Gasteiger partial charge in [0, 0.05) is 43.7 Å². The molecular formula is C17H25ClN4O5S. The van der Waals surface area contributed by atoms with E-state index in [1.165, 1.54) is 16.4 Å². The number of nitrogens with one attached hydrogen (secondary N) is 2. The maximum Gasteiger partial charge on any atom is 0.270 e. The molecule has 2 saturated heterocycles. The van der Waals surface area contributed by atoms with E-state index in [1.54, 1.807) is 6.92 Å². The van der Waals surface area contributed by atoms with Gasteiger partial charge in [0.25, 0.3) is 5.69 Å². The van der Waals surface area contributed by atoms with Gasteiger partial charge in [-0.25, -0.2) is 8.42 Å². The van der Waals surface area contributed by atoms with E-state index in [1.807, 2.05) is 0 Å². The van der Waals surface area contributed by atoms with Crippen molar-refractivity contribution in [1.29, 1.82) is 0 Å². The summed E-state index contributed by atoms with van der Waals surface area (Å²) in [6.45, 7) is 3.73. The lowest BCUT2D eigenvalue weighted by molar-refractivity contribution is -0.385. The molecule has 28 heavy (non-hydrogen) atoms. The van der Waals surface area contributed by atoms with E-state index in [-0.39, 0.29) is 53.9 Å². The first kappa shape index (κ1) is 22.5. The lowest BCUT2D eigenvalue weighted by Crippen LogP contribution is -2.45. The van der Waals surface area contributed by atoms with E-state index in [2.05, 4.69) is 10.6 Å². The third-order valence-corrected chi connectivity index (χ3v) is 7.27. The van der Waals surface area contributed by atoms with E-state index in [4.69, 9.17) is 0 Å². The third-order valence-electron chi connectivity index (χ3n) is 5.23. The van der Waals surface area contributed by atoms with Gasteiger partial charge in [0.15, 0.2) is 0 Å². The molecule has 1 atom stereocenters. The number of non-ortho nitro benzene ring substituents is 1. The van der Waals surface area contributed by atoms with E-state index in [0.29, 0.717) is 18.4 Å². The minimum absolute atomic E-state index is 0. The van der Waals surface area contributed by atoms with E-state index >= 15 is 0 Å². The molecule has 0 spiro atoms. The summed E-state index contributed by atoms with van der Waals surface area (Å²) in [5, 5.41) is 17.2. The van der Waals surface area contributed by atoms with Crippen LogP contribution < -0.4 is 10.6 Å². The number of sulfonamides is 1. The highest BCUT2D eigenvalue weighted by molar-refractivity contribution is 7.89. The number of nitrogens with zero attached hydrogens (tertiary/aromatic N) is 2. The van der Waals surface area contributed by atoms with Crippen LogP contribution in [0, 0.1) is 23.0 Å². The summed E-state index contributed by atoms with van der Waals surface area (Å²) in [5.74, 6) is -0.226. The molecule has 0 aromatic heterocycles. The van der Waals surface area contributed by atoms with Crippen molar-refractivity contribution in [2.45, 2.75) is 37.1 Å². The van der Waals surface area contributed by atoms with Gasteiger partial charge >= 0.3 is 0 Å². The number of rotatable bonds is 5. The van der Waals surface area contributed by atoms with Crippen molar-refractivity contribution in [2.24, 2.45) is 5.92 Å². The molecule has 1 aromatic carbocycles. The molecule has 1 unspecified atom stereocenters. The van der Waals surface area contributed by atoms with Crippen LogP contribution in [0.15, 0.2) is 23.1 Å². The minimum Gasteiger partial charge on any atom is -0.352 e. The van der Waals surface area contributed by atoms with E-state index in [0.717, 1.165) is 25.6 Å². The van der Waals surface area contributed by atoms with E-state index < -0.39 is 14.9 Å². The third kappa shape index (κ3) is 4.80. The van der Waals surface area contributed by atoms with Crippen LogP contribution >= 0.6 is 12.4 Å². The van der Waals surface area contributed by atoms with Crippen LogP contribution in [0.5, 0.6) is 0 Å². The zero-order valence-electron chi connectivity index (χ0n) is 15.6. The van der Waals surface area contributed by atoms with Gasteiger partial charge < -0.3 is 10.6 Å². The monoisotopic (exact) mass is 432 g/mol. The molecule has 2 N–H and O–H groups in total. The number of halogens is 1. The average molecular weight is 433 g/mol. The van der Waals surface area contributed by atoms with Gasteiger partial charge in [-0.1, -0.05) is 6.07 Å². The molecular weight excluding hydrogens is 408 g/mol. The van der Waals surface area contributed by atoms with Crippen molar-refractivity contribution in [1.82, 2.24) is 14.9 Å². The highest BCUT2D eigenvalue weighted by Gasteiger charge is 2.34. The summed E-state index contributed by atoms with van der Waals surface area (Å²) in [4.78, 5) is 22.7. The number of nitro groups is 1. The Bertz CT molecular complexity index is 834. The van der Waals surface area contributed by atoms with Crippen molar-refractivity contribution >= 4 is 34.0 Å². The van der Waals surface area contributed by atoms with Crippen LogP contribution in [0.2, 0.25) is 0 Å². The van der Waals surface area contributed by atoms with Gasteiger partial charge in [0.1, 0.15) is 0 Å². The zero-order chi connectivity index (χ0) is 19.6. The van der Waals surface area contributed by atoms with Crippen molar-refractivity contribution in [3.63, 3.8) is 0 Å². The number of nitro benzene ring substituents is 1. The molecule has 0 saturated carbocycles. The molecule has 1 amide bonds. The van der Waals surface area contributed by atoms with Crippen LogP contribution in [0.25, 0.3) is 0 Å². The Morgan fingerprint density at radius 3 is 2.54 bits per heavy atom. The maximum absolute atomic E-state index is 12.9. The van der Waals surface area contributed by atoms with Crippen LogP contribution in [0.1, 0.15) is 24.8 Å². The number of aryl methyl sites for hydroxylation is 1. The number of benzene rings is 1. The number of hydrogen-bond acceptors (Lipinski definition) is 6. The fourth-order valence-electron chi connectivity index (χ4n) is 3.57. The summed E-state index contributed by atoms with van der Waals surface area (Å²) in [5.41, 5.74) is 0.216. The molecule has 3 rings (SSSR count). The molecule has 2 aliphatic heterocycles. The van der Waals surface area contributed by atoms with Crippen LogP contribution in [-0.4, -0.2) is 55.8 Å². The lowest BCUT2D eigenvalue weighted by atomic mass is 9.97. The molecule has 11 heteroatoms. The smallest absolute Gasteiger partial charge is 0.270 e. The van der Waals surface area contributed by atoms with Crippen LogP contribution in [0.3, 0.4) is 0 Å². The highest BCUT2D eigenvalue weighted by atomic mass is 35.5. The summed E-state index contributed by atoms with van der Waals surface area (Å²) in [6.07, 6.45) is 1.80. The average Bonchev–Trinajstić information content (AvgIpc) is 3.14. The predicted molar refractivity (Wildman–Crippen MR) is 106 cm³/mol. The predicted octanol–water partition coefficient (Wildman–Crippen LogP) is 1.20. The van der Waals surface area contributed by atoms with Gasteiger partial charge in [-0.15, -0.1) is 12.4 Å². The maximum atomic E-state index is 12.9. The number of hydrogen-bond donors (Lipinski definition) is 2. The van der Waals surface area contributed by atoms with Crippen molar-refractivity contribution in [3.05, 3.63) is 33.9 Å². The molecule has 0 aliphatic carbocycles. The van der Waals surface area contributed by atoms with E-state index in [9.17, 15) is 23.3 Å². The van der Waals surface area contributed by atoms with Crippen LogP contribution in [0.4, 0.5) is 5.69 Å². The first-order chi connectivity index (χ1) is 12.8. The van der Waals surface area contributed by atoms with Gasteiger partial charge in [0.2, 0.25) is 15.9 Å². The topological polar surface area (TPSA) is 122 Å². The number of piperidine rings is 1. The lowest BCUT2D eigenvalue weighted by Gasteiger charge is -2.31. The standard InChI is InChI=1S/C17H24N4O5S.ClH/c1-12-2-3-15(21(23)24)10-16(12)27(25,26)20-8-5-13(6-9-20)17(22)19-14-4-7-18-11-14;/h2-3,10,13-14,18H,4-9,11H2,1H3,(H,19,22);1H. The largest absolute Gasteiger partial charge is 0.352 e. The number of amides is 1. The first-order valence-corrected chi connectivity index (χ1v) is 10.5. The second-order valence-corrected chi connectivity index (χ2v) is 8.99. The Hall–Kier alpha value is -1.75. The molecule has 0 bridgehead atoms. The second-order valence-electron chi connectivity index (χ2n) is 7.08. The molecule has 9 nitrogen and oxygen atoms in total. The van der Waals surface area contributed by atoms with Gasteiger partial charge in [-0.3, -0.25) is 14.9 Å². The molecule has 156 valence electrons. The Labute approximate surface area is 170 Å². The highest BCUT2D eigenvalue weighted by Crippen LogP contribution is 2.28. The minimum atomic E-state index is -3.83. The zero-order valence-corrected chi connectivity index (χ0v) is 17.2. The quantitative estimate of drug-likeness (QED) is 0.532. The van der Waals surface area contributed by atoms with Gasteiger partial charge in [0.05, 0.1) is 9.82 Å². The fraction of sp³-hybridized carbons (Fsp3) is 0.588. The van der Waals surface area contributed by atoms with Gasteiger partial charge in [-0.05, 0) is 38.3 Å².